The highest BCUT2D eigenvalue weighted by Crippen LogP contribution is 2.33. The van der Waals surface area contributed by atoms with Crippen molar-refractivity contribution in [3.05, 3.63) is 41.0 Å². The Labute approximate surface area is 187 Å². The molecule has 0 aliphatic carbocycles. The fourth-order valence-electron chi connectivity index (χ4n) is 3.22. The molecule has 0 spiro atoms. The maximum atomic E-state index is 12.9. The molecule has 0 saturated carbocycles. The first kappa shape index (κ1) is 23.9. The zero-order valence-electron chi connectivity index (χ0n) is 16.9. The second-order valence-electron chi connectivity index (χ2n) is 7.17. The van der Waals surface area contributed by atoms with E-state index in [1.54, 1.807) is 4.90 Å². The summed E-state index contributed by atoms with van der Waals surface area (Å²) in [6.07, 6.45) is -3.22. The summed E-state index contributed by atoms with van der Waals surface area (Å²) in [5.41, 5.74) is -0.140. The van der Waals surface area contributed by atoms with Crippen LogP contribution in [0.15, 0.2) is 35.4 Å². The van der Waals surface area contributed by atoms with Crippen LogP contribution in [0.1, 0.15) is 23.7 Å². The number of hydrogen-bond donors (Lipinski definition) is 1. The molecule has 0 bridgehead atoms. The number of amides is 1. The van der Waals surface area contributed by atoms with E-state index in [0.29, 0.717) is 19.0 Å². The molecule has 0 radical (unpaired) electrons. The van der Waals surface area contributed by atoms with E-state index in [1.807, 2.05) is 6.92 Å². The van der Waals surface area contributed by atoms with E-state index in [2.05, 4.69) is 14.4 Å². The van der Waals surface area contributed by atoms with Crippen LogP contribution in [-0.2, 0) is 10.0 Å². The summed E-state index contributed by atoms with van der Waals surface area (Å²) in [6.45, 7) is 3.05. The number of nitrogens with zero attached hydrogens (tertiary/aromatic N) is 2. The predicted octanol–water partition coefficient (Wildman–Crippen LogP) is 3.93. The van der Waals surface area contributed by atoms with Gasteiger partial charge in [0.15, 0.2) is 0 Å². The van der Waals surface area contributed by atoms with Crippen LogP contribution in [-0.4, -0.2) is 50.8 Å². The Hall–Kier alpha value is -2.73. The summed E-state index contributed by atoms with van der Waals surface area (Å²) < 4.78 is 74.8. The second kappa shape index (κ2) is 9.02. The van der Waals surface area contributed by atoms with Gasteiger partial charge in [-0.05, 0) is 36.6 Å². The van der Waals surface area contributed by atoms with Gasteiger partial charge in [-0.1, -0.05) is 18.5 Å². The van der Waals surface area contributed by atoms with E-state index in [-0.39, 0.29) is 22.2 Å². The number of carbonyl (C=O) groups excluding carboxylic acids is 1. The average Bonchev–Trinajstić information content (AvgIpc) is 3.13. The second-order valence-corrected chi connectivity index (χ2v) is 9.26. The number of ether oxygens (including phenoxy) is 2. The van der Waals surface area contributed by atoms with Gasteiger partial charge in [-0.2, -0.15) is 0 Å². The summed E-state index contributed by atoms with van der Waals surface area (Å²) in [6, 6.07) is 3.88. The van der Waals surface area contributed by atoms with E-state index in [0.717, 1.165) is 30.8 Å². The maximum absolute atomic E-state index is 12.9. The molecule has 3 rings (SSSR count). The van der Waals surface area contributed by atoms with Crippen LogP contribution in [0.2, 0.25) is 5.02 Å². The molecule has 1 fully saturated rings. The van der Waals surface area contributed by atoms with Crippen LogP contribution >= 0.6 is 11.6 Å². The fourth-order valence-corrected chi connectivity index (χ4v) is 4.65. The lowest BCUT2D eigenvalue weighted by molar-refractivity contribution is -0.275. The summed E-state index contributed by atoms with van der Waals surface area (Å²) >= 11 is 5.78. The summed E-state index contributed by atoms with van der Waals surface area (Å²) in [5.74, 6) is -1.06. The van der Waals surface area contributed by atoms with Gasteiger partial charge in [0.2, 0.25) is 5.88 Å². The number of benzene rings is 1. The van der Waals surface area contributed by atoms with Crippen molar-refractivity contribution in [1.82, 2.24) is 9.88 Å². The summed E-state index contributed by atoms with van der Waals surface area (Å²) in [4.78, 5) is 17.6. The van der Waals surface area contributed by atoms with Crippen molar-refractivity contribution in [2.24, 2.45) is 5.92 Å². The molecule has 1 atom stereocenters. The van der Waals surface area contributed by atoms with Gasteiger partial charge in [0.1, 0.15) is 16.2 Å². The van der Waals surface area contributed by atoms with Gasteiger partial charge in [0.25, 0.3) is 15.9 Å². The van der Waals surface area contributed by atoms with Crippen molar-refractivity contribution in [3.63, 3.8) is 0 Å². The smallest absolute Gasteiger partial charge is 0.480 e. The predicted molar refractivity (Wildman–Crippen MR) is 109 cm³/mol. The Morgan fingerprint density at radius 2 is 2.03 bits per heavy atom. The standard InChI is InChI=1S/C19H19ClF3N3O5S/c1-11-5-6-26(10-11)18(27)14-8-13(9-24-17(14)30-2)25-32(28,29)16-7-12(20)3-4-15(16)31-19(21,22)23/h3-4,7-9,11,25H,5-6,10H2,1-2H3/t11-/m0/s1. The Morgan fingerprint density at radius 3 is 2.62 bits per heavy atom. The van der Waals surface area contributed by atoms with Gasteiger partial charge in [0, 0.05) is 18.1 Å². The molecule has 32 heavy (non-hydrogen) atoms. The largest absolute Gasteiger partial charge is 0.573 e. The zero-order valence-corrected chi connectivity index (χ0v) is 18.5. The minimum Gasteiger partial charge on any atom is -0.480 e. The van der Waals surface area contributed by atoms with Crippen LogP contribution in [0.5, 0.6) is 11.6 Å². The summed E-state index contributed by atoms with van der Waals surface area (Å²) in [7, 11) is -3.29. The number of hydrogen-bond acceptors (Lipinski definition) is 6. The van der Waals surface area contributed by atoms with Crippen LogP contribution in [0.3, 0.4) is 0 Å². The lowest BCUT2D eigenvalue weighted by Crippen LogP contribution is -2.29. The van der Waals surface area contributed by atoms with Crippen LogP contribution in [0.4, 0.5) is 18.9 Å². The Bertz CT molecular complexity index is 1130. The molecule has 174 valence electrons. The SMILES string of the molecule is COc1ncc(NS(=O)(=O)c2cc(Cl)ccc2OC(F)(F)F)cc1C(=O)N1CC[C@H](C)C1. The Kier molecular flexibility index (Phi) is 6.75. The normalized spacial score (nSPS) is 16.7. The number of likely N-dealkylation sites (tertiary alicyclic amines) is 1. The molecular formula is C19H19ClF3N3O5S. The Morgan fingerprint density at radius 1 is 1.31 bits per heavy atom. The minimum absolute atomic E-state index is 0.0126. The number of rotatable bonds is 6. The topological polar surface area (TPSA) is 97.8 Å². The third-order valence-electron chi connectivity index (χ3n) is 4.66. The number of pyridine rings is 1. The number of carbonyl (C=O) groups is 1. The first-order chi connectivity index (χ1) is 14.9. The monoisotopic (exact) mass is 493 g/mol. The molecule has 1 aliphatic rings. The highest BCUT2D eigenvalue weighted by Gasteiger charge is 2.34. The van der Waals surface area contributed by atoms with Crippen LogP contribution < -0.4 is 14.2 Å². The van der Waals surface area contributed by atoms with E-state index in [1.165, 1.54) is 13.2 Å². The number of anilines is 1. The molecule has 1 N–H and O–H groups in total. The highest BCUT2D eigenvalue weighted by atomic mass is 35.5. The van der Waals surface area contributed by atoms with Crippen molar-refractivity contribution in [3.8, 4) is 11.6 Å². The molecule has 2 heterocycles. The van der Waals surface area contributed by atoms with Crippen molar-refractivity contribution < 1.29 is 35.9 Å². The molecule has 1 amide bonds. The van der Waals surface area contributed by atoms with E-state index in [4.69, 9.17) is 16.3 Å². The molecule has 1 aromatic carbocycles. The third-order valence-corrected chi connectivity index (χ3v) is 6.30. The van der Waals surface area contributed by atoms with Crippen LogP contribution in [0.25, 0.3) is 0 Å². The number of methoxy groups -OCH3 is 1. The number of halogens is 4. The van der Waals surface area contributed by atoms with Gasteiger partial charge in [-0.15, -0.1) is 13.2 Å². The molecule has 1 aliphatic heterocycles. The quantitative estimate of drug-likeness (QED) is 0.655. The van der Waals surface area contributed by atoms with Gasteiger partial charge in [-0.3, -0.25) is 9.52 Å². The molecular weight excluding hydrogens is 475 g/mol. The first-order valence-electron chi connectivity index (χ1n) is 9.31. The summed E-state index contributed by atoms with van der Waals surface area (Å²) in [5, 5.41) is -0.119. The number of sulfonamides is 1. The maximum Gasteiger partial charge on any atom is 0.573 e. The fraction of sp³-hybridized carbons (Fsp3) is 0.368. The van der Waals surface area contributed by atoms with Gasteiger partial charge >= 0.3 is 6.36 Å². The van der Waals surface area contributed by atoms with Gasteiger partial charge < -0.3 is 14.4 Å². The Balaban J connectivity index is 1.95. The van der Waals surface area contributed by atoms with Crippen molar-refractivity contribution in [1.29, 1.82) is 0 Å². The van der Waals surface area contributed by atoms with E-state index >= 15 is 0 Å². The van der Waals surface area contributed by atoms with Crippen LogP contribution in [0, 0.1) is 5.92 Å². The van der Waals surface area contributed by atoms with Gasteiger partial charge in [0.05, 0.1) is 19.0 Å². The third kappa shape index (κ3) is 5.54. The highest BCUT2D eigenvalue weighted by molar-refractivity contribution is 7.92. The van der Waals surface area contributed by atoms with E-state index in [9.17, 15) is 26.4 Å². The lowest BCUT2D eigenvalue weighted by Gasteiger charge is -2.18. The zero-order chi connectivity index (χ0) is 23.7. The number of aromatic nitrogens is 1. The van der Waals surface area contributed by atoms with Crippen molar-refractivity contribution >= 4 is 33.2 Å². The lowest BCUT2D eigenvalue weighted by atomic mass is 10.2. The minimum atomic E-state index is -5.12. The number of alkyl halides is 3. The molecule has 2 aromatic rings. The molecule has 0 unspecified atom stereocenters. The molecule has 1 saturated heterocycles. The molecule has 8 nitrogen and oxygen atoms in total. The average molecular weight is 494 g/mol. The molecule has 1 aromatic heterocycles. The molecule has 13 heteroatoms. The van der Waals surface area contributed by atoms with E-state index < -0.39 is 32.9 Å². The van der Waals surface area contributed by atoms with Gasteiger partial charge in [-0.25, -0.2) is 13.4 Å². The van der Waals surface area contributed by atoms with Crippen molar-refractivity contribution in [2.75, 3.05) is 24.9 Å². The number of nitrogens with one attached hydrogen (secondary N) is 1. The van der Waals surface area contributed by atoms with Crippen molar-refractivity contribution in [2.45, 2.75) is 24.6 Å². The first-order valence-corrected chi connectivity index (χ1v) is 11.2.